The largest absolute Gasteiger partial charge is 0.573 e. The van der Waals surface area contributed by atoms with Crippen molar-refractivity contribution in [1.82, 2.24) is 58.3 Å². The molecule has 3 unspecified atom stereocenters. The molecule has 9 heterocycles. The minimum absolute atomic E-state index is 0.00819. The minimum atomic E-state index is -4.73. The molecule has 23 nitrogen and oxygen atoms in total. The van der Waals surface area contributed by atoms with E-state index >= 15 is 0 Å². The van der Waals surface area contributed by atoms with Crippen LogP contribution >= 0.6 is 0 Å². The molecule has 0 amide bonds. The molecule has 0 radical (unpaired) electrons. The first-order chi connectivity index (χ1) is 51.1. The fourth-order valence-corrected chi connectivity index (χ4v) is 14.7. The quantitative estimate of drug-likeness (QED) is 0.0865. The van der Waals surface area contributed by atoms with Crippen molar-refractivity contribution in [2.45, 2.75) is 161 Å². The van der Waals surface area contributed by atoms with E-state index in [9.17, 15) is 69.7 Å². The van der Waals surface area contributed by atoms with Gasteiger partial charge in [-0.25, -0.2) is 29.3 Å². The van der Waals surface area contributed by atoms with E-state index in [4.69, 9.17) is 0 Å². The van der Waals surface area contributed by atoms with Gasteiger partial charge in [-0.2, -0.15) is 43.9 Å². The van der Waals surface area contributed by atoms with Crippen LogP contribution in [0.5, 0.6) is 11.5 Å². The number of piperazine rings is 3. The standard InChI is InChI=1S/C26H29F3N6O2.C25H27F3N6O2.C25H27F3N6O/c1-5-19-15-34(24-23-22(33(4)25(36)32-24)12-9-18(13-30)31-23)16(3)14-35(19)21(6-2)17-7-10-20(11-8-17)37-26(27,28)29;1-5-19-14-33(23-22-21(32(4)24(35)31-23)11-8-18(12-29)30-22)15(2)13-34(19)16(3)17-6-9-20(10-7-17)36-25(26,27)28;1-5-20-14-33(23-22-21(32(4)24(35)31-23)11-10-19(12-29)30-22)15(2)13-34(20)16(3)17-6-8-18(9-7-17)25(26,27)28/h7-12,16,19,21H,5-6,14-15H2,1-4H3;6-11,15-16,19H,5,13-14H2,1-4H3;6-11,15-16,20H,5,13-14H2,1-4H3/t16-,19+,21?;15-,16?,19+;15-,16?,20+/m000/s1. The Morgan fingerprint density at radius 1 is 0.426 bits per heavy atom. The summed E-state index contributed by atoms with van der Waals surface area (Å²) in [4.78, 5) is 77.5. The number of halogens is 9. The molecule has 0 bridgehead atoms. The Morgan fingerprint density at radius 2 is 0.722 bits per heavy atom. The van der Waals surface area contributed by atoms with E-state index < -0.39 is 41.5 Å². The van der Waals surface area contributed by atoms with E-state index in [0.717, 1.165) is 54.5 Å². The number of fused-ring (bicyclic) bond motifs is 3. The Bertz CT molecular complexity index is 5040. The Hall–Kier alpha value is -10.8. The van der Waals surface area contributed by atoms with E-state index in [1.54, 1.807) is 93.9 Å². The van der Waals surface area contributed by atoms with Crippen LogP contribution in [0.4, 0.5) is 57.0 Å². The lowest BCUT2D eigenvalue weighted by atomic mass is 9.96. The maximum Gasteiger partial charge on any atom is 0.573 e. The van der Waals surface area contributed by atoms with E-state index in [1.165, 1.54) is 38.0 Å². The lowest BCUT2D eigenvalue weighted by Gasteiger charge is -2.49. The molecule has 0 N–H and O–H groups in total. The van der Waals surface area contributed by atoms with E-state index in [1.807, 2.05) is 46.8 Å². The summed E-state index contributed by atoms with van der Waals surface area (Å²) in [7, 11) is 4.87. The predicted molar refractivity (Wildman–Crippen MR) is 389 cm³/mol. The van der Waals surface area contributed by atoms with Crippen molar-refractivity contribution in [2.75, 3.05) is 54.0 Å². The van der Waals surface area contributed by atoms with E-state index in [2.05, 4.69) is 103 Å². The van der Waals surface area contributed by atoms with Crippen LogP contribution < -0.4 is 41.2 Å². The van der Waals surface area contributed by atoms with Crippen LogP contribution in [0, 0.1) is 34.0 Å². The topological polar surface area (TPSA) is 253 Å². The summed E-state index contributed by atoms with van der Waals surface area (Å²) in [6.07, 6.45) is -10.6. The number of ether oxygens (including phenoxy) is 2. The maximum absolute atomic E-state index is 13.0. The summed E-state index contributed by atoms with van der Waals surface area (Å²) in [5.74, 6) is 0.869. The van der Waals surface area contributed by atoms with Crippen LogP contribution in [0.3, 0.4) is 0 Å². The minimum Gasteiger partial charge on any atom is -0.406 e. The second-order valence-electron chi connectivity index (χ2n) is 27.3. The van der Waals surface area contributed by atoms with E-state index in [0.29, 0.717) is 89.8 Å². The van der Waals surface area contributed by atoms with Gasteiger partial charge >= 0.3 is 36.0 Å². The number of nitrogens with zero attached hydrogens (tertiary/aromatic N) is 18. The average molecular weight is 1500 g/mol. The summed E-state index contributed by atoms with van der Waals surface area (Å²) >= 11 is 0. The van der Waals surface area contributed by atoms with Crippen LogP contribution in [0.25, 0.3) is 33.1 Å². The number of anilines is 3. The molecular weight excluding hydrogens is 1420 g/mol. The van der Waals surface area contributed by atoms with Crippen LogP contribution in [0.2, 0.25) is 0 Å². The highest BCUT2D eigenvalue weighted by atomic mass is 19.4. The molecule has 0 spiro atoms. The molecule has 3 saturated heterocycles. The third-order valence-electron chi connectivity index (χ3n) is 20.6. The van der Waals surface area contributed by atoms with Crippen molar-refractivity contribution in [3.63, 3.8) is 0 Å². The molecule has 6 aromatic heterocycles. The zero-order chi connectivity index (χ0) is 78.6. The van der Waals surface area contributed by atoms with Gasteiger partial charge in [0.1, 0.15) is 63.3 Å². The lowest BCUT2D eigenvalue weighted by Crippen LogP contribution is -2.58. The molecule has 108 heavy (non-hydrogen) atoms. The SMILES string of the molecule is CCC(c1ccc(OC(F)(F)F)cc1)N1C[C@H](C)N(c2nc(=O)n(C)c3ccc(C#N)nc23)C[C@H]1CC.CC[C@@H]1CN(c2nc(=O)n(C)c3ccc(C#N)nc23)[C@@H](C)CN1C(C)c1ccc(C(F)(F)F)cc1.CC[C@@H]1CN(c2nc(=O)n(C)c3ccc(C#N)nc23)[C@@H](C)CN1C(C)c1ccc(OC(F)(F)F)cc1. The Labute approximate surface area is 617 Å². The van der Waals surface area contributed by atoms with Gasteiger partial charge in [0.25, 0.3) is 0 Å². The van der Waals surface area contributed by atoms with Gasteiger partial charge < -0.3 is 24.2 Å². The monoisotopic (exact) mass is 1500 g/mol. The van der Waals surface area contributed by atoms with Gasteiger partial charge in [-0.15, -0.1) is 26.3 Å². The fourth-order valence-electron chi connectivity index (χ4n) is 14.7. The molecule has 12 rings (SSSR count). The number of aromatic nitrogens is 9. The average Bonchev–Trinajstić information content (AvgIpc) is 0.768. The van der Waals surface area contributed by atoms with Crippen molar-refractivity contribution < 1.29 is 49.0 Å². The summed E-state index contributed by atoms with van der Waals surface area (Å²) in [5, 5.41) is 28.1. The van der Waals surface area contributed by atoms with E-state index in [-0.39, 0.29) is 83.0 Å². The summed E-state index contributed by atoms with van der Waals surface area (Å²) < 4.78 is 127. The van der Waals surface area contributed by atoms with Gasteiger partial charge in [-0.1, -0.05) is 64.1 Å². The fraction of sp³-hybridized carbons (Fsp3) is 0.447. The van der Waals surface area contributed by atoms with Gasteiger partial charge in [0.2, 0.25) is 0 Å². The number of aryl methyl sites for hydroxylation is 3. The van der Waals surface area contributed by atoms with Crippen molar-refractivity contribution >= 4 is 50.6 Å². The molecule has 9 aromatic rings. The number of benzene rings is 3. The molecule has 3 aliphatic rings. The molecule has 0 saturated carbocycles. The van der Waals surface area contributed by atoms with Gasteiger partial charge in [-0.3, -0.25) is 28.4 Å². The molecule has 3 aliphatic heterocycles. The number of pyridine rings is 3. The molecule has 9 atom stereocenters. The first-order valence-corrected chi connectivity index (χ1v) is 35.4. The first kappa shape index (κ1) is 79.8. The summed E-state index contributed by atoms with van der Waals surface area (Å²) in [5.41, 5.74) is 4.77. The Morgan fingerprint density at radius 3 is 1.01 bits per heavy atom. The molecule has 570 valence electrons. The highest BCUT2D eigenvalue weighted by Gasteiger charge is 2.41. The third-order valence-corrected chi connectivity index (χ3v) is 20.6. The molecule has 3 aromatic carbocycles. The second-order valence-corrected chi connectivity index (χ2v) is 27.3. The van der Waals surface area contributed by atoms with Crippen LogP contribution in [-0.4, -0.2) is 147 Å². The van der Waals surface area contributed by atoms with Crippen LogP contribution in [-0.2, 0) is 27.3 Å². The molecule has 3 fully saturated rings. The Kier molecular flexibility index (Phi) is 24.2. The number of hydrogen-bond acceptors (Lipinski definition) is 20. The highest BCUT2D eigenvalue weighted by Crippen LogP contribution is 2.39. The van der Waals surface area contributed by atoms with Gasteiger partial charge in [0.05, 0.1) is 22.1 Å². The molecule has 0 aliphatic carbocycles. The first-order valence-electron chi connectivity index (χ1n) is 35.4. The normalized spacial score (nSPS) is 19.8. The maximum atomic E-state index is 13.0. The third kappa shape index (κ3) is 17.4. The number of nitriles is 3. The van der Waals surface area contributed by atoms with Crippen LogP contribution in [0.1, 0.15) is 145 Å². The number of alkyl halides is 9. The summed E-state index contributed by atoms with van der Waals surface area (Å²) in [6.45, 7) is 22.0. The van der Waals surface area contributed by atoms with Crippen molar-refractivity contribution in [3.05, 3.63) is 180 Å². The molecule has 32 heteroatoms. The van der Waals surface area contributed by atoms with Gasteiger partial charge in [0, 0.05) is 115 Å². The highest BCUT2D eigenvalue weighted by molar-refractivity contribution is 5.88. The number of rotatable bonds is 15. The number of hydrogen-bond donors (Lipinski definition) is 0. The zero-order valence-corrected chi connectivity index (χ0v) is 61.7. The predicted octanol–water partition coefficient (Wildman–Crippen LogP) is 13.0. The van der Waals surface area contributed by atoms with Gasteiger partial charge in [-0.05, 0) is 150 Å². The van der Waals surface area contributed by atoms with Crippen molar-refractivity contribution in [3.8, 4) is 29.7 Å². The van der Waals surface area contributed by atoms with Gasteiger partial charge in [0.15, 0.2) is 17.5 Å². The Balaban J connectivity index is 0.000000173. The summed E-state index contributed by atoms with van der Waals surface area (Å²) in [6, 6.07) is 33.3. The van der Waals surface area contributed by atoms with Crippen LogP contribution in [0.15, 0.2) is 124 Å². The van der Waals surface area contributed by atoms with Crippen molar-refractivity contribution in [1.29, 1.82) is 15.8 Å². The molecular formula is C76H83F9N18O5. The lowest BCUT2D eigenvalue weighted by molar-refractivity contribution is -0.275. The second kappa shape index (κ2) is 32.8. The van der Waals surface area contributed by atoms with Crippen molar-refractivity contribution in [2.24, 2.45) is 21.1 Å². The smallest absolute Gasteiger partial charge is 0.406 e. The zero-order valence-electron chi connectivity index (χ0n) is 61.7.